The van der Waals surface area contributed by atoms with Gasteiger partial charge in [0, 0.05) is 42.5 Å². The van der Waals surface area contributed by atoms with Gasteiger partial charge in [0.25, 0.3) is 0 Å². The molecule has 0 spiro atoms. The van der Waals surface area contributed by atoms with Crippen molar-refractivity contribution in [1.82, 2.24) is 18.5 Å². The summed E-state index contributed by atoms with van der Waals surface area (Å²) in [6.45, 7) is 9.81. The molecule has 1 saturated carbocycles. The molecule has 1 aliphatic heterocycles. The Labute approximate surface area is 302 Å². The quantitative estimate of drug-likeness (QED) is 0.207. The summed E-state index contributed by atoms with van der Waals surface area (Å²) >= 11 is 0. The van der Waals surface area contributed by atoms with Gasteiger partial charge in [-0.2, -0.15) is 12.7 Å². The number of carboxylic acid groups (broad SMARTS) is 1. The number of carbonyl (C=O) groups excluding carboxylic acids is 1. The highest BCUT2D eigenvalue weighted by Crippen LogP contribution is 2.50. The van der Waals surface area contributed by atoms with Crippen molar-refractivity contribution in [2.24, 2.45) is 5.92 Å². The Hall–Kier alpha value is -3.81. The predicted molar refractivity (Wildman–Crippen MR) is 198 cm³/mol. The van der Waals surface area contributed by atoms with Crippen LogP contribution in [0.2, 0.25) is 0 Å². The third kappa shape index (κ3) is 8.99. The SMILES string of the molecule is COc1ccc(C)c2c1OC[C@H](CCN(C)CCCN(C)S(=O)(=O)NC(=O)OC(C)(C)C)Cn1c-2c(C2CCCCC2)c2ccc(C(=O)O)cc21. The van der Waals surface area contributed by atoms with E-state index in [2.05, 4.69) is 22.5 Å². The lowest BCUT2D eigenvalue weighted by Gasteiger charge is -2.30. The zero-order valence-corrected chi connectivity index (χ0v) is 31.9. The zero-order valence-electron chi connectivity index (χ0n) is 31.1. The second kappa shape index (κ2) is 15.8. The molecule has 2 heterocycles. The third-order valence-corrected chi connectivity index (χ3v) is 11.4. The first-order chi connectivity index (χ1) is 24.1. The number of nitrogens with one attached hydrogen (secondary N) is 1. The van der Waals surface area contributed by atoms with Crippen molar-refractivity contribution in [1.29, 1.82) is 0 Å². The van der Waals surface area contributed by atoms with Gasteiger partial charge in [-0.1, -0.05) is 31.4 Å². The van der Waals surface area contributed by atoms with Crippen LogP contribution in [0.3, 0.4) is 0 Å². The molecule has 2 aromatic carbocycles. The first-order valence-electron chi connectivity index (χ1n) is 18.0. The Morgan fingerprint density at radius 3 is 2.45 bits per heavy atom. The molecular formula is C38H54N4O8S. The fourth-order valence-corrected chi connectivity index (χ4v) is 8.18. The Morgan fingerprint density at radius 2 is 1.78 bits per heavy atom. The lowest BCUT2D eigenvalue weighted by atomic mass is 9.81. The van der Waals surface area contributed by atoms with Crippen LogP contribution < -0.4 is 14.2 Å². The summed E-state index contributed by atoms with van der Waals surface area (Å²) in [7, 11) is 1.06. The second-order valence-corrected chi connectivity index (χ2v) is 16.9. The van der Waals surface area contributed by atoms with Crippen LogP contribution >= 0.6 is 0 Å². The minimum atomic E-state index is -4.04. The molecule has 0 unspecified atom stereocenters. The number of carbonyl (C=O) groups is 2. The number of aromatic carboxylic acids is 1. The predicted octanol–water partition coefficient (Wildman–Crippen LogP) is 6.79. The fraction of sp³-hybridized carbons (Fsp3) is 0.579. The van der Waals surface area contributed by atoms with Crippen LogP contribution in [0.5, 0.6) is 11.5 Å². The molecule has 3 aromatic rings. The summed E-state index contributed by atoms with van der Waals surface area (Å²) in [6.07, 6.45) is 6.09. The van der Waals surface area contributed by atoms with E-state index in [0.29, 0.717) is 37.8 Å². The van der Waals surface area contributed by atoms with Gasteiger partial charge in [-0.3, -0.25) is 0 Å². The van der Waals surface area contributed by atoms with Gasteiger partial charge in [0.15, 0.2) is 11.5 Å². The average molecular weight is 727 g/mol. The van der Waals surface area contributed by atoms with Gasteiger partial charge in [0.1, 0.15) is 5.60 Å². The lowest BCUT2D eigenvalue weighted by molar-refractivity contribution is 0.0566. The molecule has 1 amide bonds. The number of nitrogens with zero attached hydrogens (tertiary/aromatic N) is 3. The molecule has 1 aromatic heterocycles. The number of aryl methyl sites for hydroxylation is 1. The minimum Gasteiger partial charge on any atom is -0.493 e. The maximum atomic E-state index is 12.6. The van der Waals surface area contributed by atoms with E-state index in [1.54, 1.807) is 33.9 Å². The smallest absolute Gasteiger partial charge is 0.422 e. The van der Waals surface area contributed by atoms with Crippen LogP contribution in [0, 0.1) is 12.8 Å². The van der Waals surface area contributed by atoms with Gasteiger partial charge in [-0.15, -0.1) is 0 Å². The highest BCUT2D eigenvalue weighted by Gasteiger charge is 2.33. The second-order valence-electron chi connectivity index (χ2n) is 15.1. The highest BCUT2D eigenvalue weighted by atomic mass is 32.2. The fourth-order valence-electron chi connectivity index (χ4n) is 7.40. The van der Waals surface area contributed by atoms with E-state index in [-0.39, 0.29) is 18.0 Å². The molecule has 280 valence electrons. The topological polar surface area (TPSA) is 140 Å². The van der Waals surface area contributed by atoms with E-state index in [0.717, 1.165) is 63.6 Å². The number of carboxylic acids is 1. The van der Waals surface area contributed by atoms with Gasteiger partial charge >= 0.3 is 22.3 Å². The van der Waals surface area contributed by atoms with Crippen LogP contribution in [0.1, 0.15) is 93.1 Å². The Morgan fingerprint density at radius 1 is 1.06 bits per heavy atom. The average Bonchev–Trinajstić information content (AvgIpc) is 3.35. The molecule has 51 heavy (non-hydrogen) atoms. The van der Waals surface area contributed by atoms with Gasteiger partial charge in [-0.05, 0) is 109 Å². The third-order valence-electron chi connectivity index (χ3n) is 10.0. The highest BCUT2D eigenvalue weighted by molar-refractivity contribution is 7.87. The molecule has 0 saturated heterocycles. The van der Waals surface area contributed by atoms with Gasteiger partial charge in [0.05, 0.1) is 25.0 Å². The van der Waals surface area contributed by atoms with Gasteiger partial charge in [-0.25, -0.2) is 14.3 Å². The largest absolute Gasteiger partial charge is 0.493 e. The summed E-state index contributed by atoms with van der Waals surface area (Å²) in [5, 5.41) is 11.1. The minimum absolute atomic E-state index is 0.0916. The van der Waals surface area contributed by atoms with E-state index in [1.807, 2.05) is 30.0 Å². The molecule has 2 aliphatic rings. The van der Waals surface area contributed by atoms with Gasteiger partial charge in [0.2, 0.25) is 0 Å². The molecular weight excluding hydrogens is 673 g/mol. The number of methoxy groups -OCH3 is 1. The number of hydrogen-bond acceptors (Lipinski definition) is 8. The van der Waals surface area contributed by atoms with E-state index in [1.165, 1.54) is 31.9 Å². The van der Waals surface area contributed by atoms with Crippen molar-refractivity contribution in [2.45, 2.75) is 90.7 Å². The number of aromatic nitrogens is 1. The zero-order chi connectivity index (χ0) is 37.1. The Kier molecular flexibility index (Phi) is 11.9. The summed E-state index contributed by atoms with van der Waals surface area (Å²) in [5.74, 6) is 0.896. The molecule has 13 heteroatoms. The van der Waals surface area contributed by atoms with Crippen molar-refractivity contribution in [3.63, 3.8) is 0 Å². The molecule has 5 rings (SSSR count). The van der Waals surface area contributed by atoms with Crippen LogP contribution in [0.4, 0.5) is 4.79 Å². The summed E-state index contributed by atoms with van der Waals surface area (Å²) < 4.78 is 48.4. The maximum absolute atomic E-state index is 12.6. The van der Waals surface area contributed by atoms with E-state index in [9.17, 15) is 23.1 Å². The molecule has 1 atom stereocenters. The van der Waals surface area contributed by atoms with Crippen LogP contribution in [-0.4, -0.2) is 92.4 Å². The summed E-state index contributed by atoms with van der Waals surface area (Å²) in [6, 6.07) is 9.58. The number of hydrogen-bond donors (Lipinski definition) is 2. The maximum Gasteiger partial charge on any atom is 0.422 e. The molecule has 0 bridgehead atoms. The number of rotatable bonds is 12. The van der Waals surface area contributed by atoms with Crippen LogP contribution in [-0.2, 0) is 21.5 Å². The molecule has 2 N–H and O–H groups in total. The monoisotopic (exact) mass is 726 g/mol. The first kappa shape index (κ1) is 38.4. The molecule has 1 fully saturated rings. The van der Waals surface area contributed by atoms with E-state index in [4.69, 9.17) is 14.2 Å². The standard InChI is InChI=1S/C38H54N4O8S/c1-25-14-17-31(48-7)35-32(25)34-33(27-12-9-8-10-13-27)29-16-15-28(36(43)44)22-30(29)42(34)23-26(24-49-35)18-21-40(5)19-11-20-41(6)51(46,47)39-37(45)50-38(2,3)4/h14-17,22,26-27H,8-13,18-21,23-24H2,1-7H3,(H,39,45)(H,43,44)/t26-/m1/s1. The van der Waals surface area contributed by atoms with Crippen LogP contribution in [0.15, 0.2) is 30.3 Å². The molecule has 0 radical (unpaired) electrons. The number of ether oxygens (including phenoxy) is 3. The Bertz CT molecular complexity index is 1840. The van der Waals surface area contributed by atoms with Crippen molar-refractivity contribution in [3.05, 3.63) is 47.0 Å². The number of benzene rings is 2. The number of fused-ring (bicyclic) bond motifs is 5. The normalized spacial score (nSPS) is 17.0. The molecule has 1 aliphatic carbocycles. The lowest BCUT2D eigenvalue weighted by Crippen LogP contribution is -2.44. The van der Waals surface area contributed by atoms with Crippen molar-refractivity contribution >= 4 is 33.2 Å². The summed E-state index contributed by atoms with van der Waals surface area (Å²) in [5.41, 5.74) is 4.86. The Balaban J connectivity index is 1.38. The number of amides is 1. The van der Waals surface area contributed by atoms with Gasteiger partial charge < -0.3 is 28.8 Å². The summed E-state index contributed by atoms with van der Waals surface area (Å²) in [4.78, 5) is 26.4. The van der Waals surface area contributed by atoms with Crippen molar-refractivity contribution in [3.8, 4) is 22.8 Å². The van der Waals surface area contributed by atoms with Crippen molar-refractivity contribution in [2.75, 3.05) is 47.4 Å². The first-order valence-corrected chi connectivity index (χ1v) is 19.4. The molecule has 12 nitrogen and oxygen atoms in total. The van der Waals surface area contributed by atoms with E-state index >= 15 is 0 Å². The van der Waals surface area contributed by atoms with Crippen LogP contribution in [0.25, 0.3) is 22.2 Å². The van der Waals surface area contributed by atoms with Crippen molar-refractivity contribution < 1.29 is 37.3 Å². The van der Waals surface area contributed by atoms with E-state index < -0.39 is 27.9 Å².